The van der Waals surface area contributed by atoms with Gasteiger partial charge in [-0.05, 0) is 35.7 Å². The van der Waals surface area contributed by atoms with Crippen molar-refractivity contribution in [2.75, 3.05) is 13.2 Å². The number of nitrogens with zero attached hydrogens (tertiary/aromatic N) is 1. The molecule has 0 spiro atoms. The zero-order valence-corrected chi connectivity index (χ0v) is 18.9. The quantitative estimate of drug-likeness (QED) is 0.464. The van der Waals surface area contributed by atoms with Gasteiger partial charge in [0.1, 0.15) is 0 Å². The molecule has 3 aromatic carbocycles. The average Bonchev–Trinajstić information content (AvgIpc) is 2.84. The van der Waals surface area contributed by atoms with Crippen molar-refractivity contribution >= 4 is 22.7 Å². The fourth-order valence-corrected chi connectivity index (χ4v) is 4.11. The van der Waals surface area contributed by atoms with Crippen molar-refractivity contribution in [3.63, 3.8) is 0 Å². The lowest BCUT2D eigenvalue weighted by molar-refractivity contribution is -0.139. The molecule has 0 N–H and O–H groups in total. The molecule has 1 aliphatic heterocycles. The number of benzene rings is 3. The van der Waals surface area contributed by atoms with E-state index in [1.165, 1.54) is 0 Å². The van der Waals surface area contributed by atoms with Crippen LogP contribution in [-0.2, 0) is 25.6 Å². The van der Waals surface area contributed by atoms with E-state index >= 15 is 0 Å². The topological polar surface area (TPSA) is 55.8 Å². The van der Waals surface area contributed by atoms with Crippen LogP contribution in [0.1, 0.15) is 30.9 Å². The maximum Gasteiger partial charge on any atom is 0.336 e. The van der Waals surface area contributed by atoms with Crippen LogP contribution in [0.5, 0.6) is 0 Å². The van der Waals surface area contributed by atoms with Gasteiger partial charge in [-0.1, -0.05) is 72.8 Å². The van der Waals surface area contributed by atoms with Crippen molar-refractivity contribution in [1.82, 2.24) is 4.90 Å². The number of esters is 2. The van der Waals surface area contributed by atoms with Crippen LogP contribution in [0.3, 0.4) is 0 Å². The normalized spacial score (nSPS) is 13.9. The van der Waals surface area contributed by atoms with Crippen LogP contribution in [-0.4, -0.2) is 30.1 Å². The lowest BCUT2D eigenvalue weighted by atomic mass is 9.82. The first-order valence-corrected chi connectivity index (χ1v) is 11.2. The molecule has 4 rings (SSSR count). The number of rotatable bonds is 7. The van der Waals surface area contributed by atoms with E-state index in [2.05, 4.69) is 0 Å². The molecule has 168 valence electrons. The number of fused-ring (bicyclic) bond motifs is 1. The molecule has 0 saturated heterocycles. The van der Waals surface area contributed by atoms with Crippen molar-refractivity contribution < 1.29 is 19.1 Å². The number of ether oxygens (including phenoxy) is 2. The second-order valence-electron chi connectivity index (χ2n) is 7.81. The van der Waals surface area contributed by atoms with Crippen molar-refractivity contribution in [3.05, 3.63) is 107 Å². The second-order valence-corrected chi connectivity index (χ2v) is 7.81. The summed E-state index contributed by atoms with van der Waals surface area (Å²) in [5, 5.41) is 2.12. The molecule has 5 nitrogen and oxygen atoms in total. The molecule has 5 heteroatoms. The number of carbonyl (C=O) groups excluding carboxylic acids is 2. The predicted octanol–water partition coefficient (Wildman–Crippen LogP) is 5.33. The summed E-state index contributed by atoms with van der Waals surface area (Å²) >= 11 is 0. The zero-order valence-electron chi connectivity index (χ0n) is 18.9. The molecular formula is C28H27NO4. The van der Waals surface area contributed by atoms with Crippen molar-refractivity contribution in [3.8, 4) is 0 Å². The minimum absolute atomic E-state index is 0.248. The third-order valence-electron chi connectivity index (χ3n) is 5.57. The van der Waals surface area contributed by atoms with Gasteiger partial charge in [0, 0.05) is 18.9 Å². The Morgan fingerprint density at radius 2 is 1.33 bits per heavy atom. The van der Waals surface area contributed by atoms with Crippen LogP contribution in [0.2, 0.25) is 0 Å². The van der Waals surface area contributed by atoms with E-state index in [9.17, 15) is 9.59 Å². The number of hydrogen-bond donors (Lipinski definition) is 0. The molecule has 0 fully saturated rings. The van der Waals surface area contributed by atoms with Crippen molar-refractivity contribution in [2.45, 2.75) is 26.3 Å². The molecule has 3 aromatic rings. The highest BCUT2D eigenvalue weighted by molar-refractivity contribution is 5.99. The molecule has 0 aliphatic carbocycles. The van der Waals surface area contributed by atoms with Gasteiger partial charge in [0.2, 0.25) is 0 Å². The van der Waals surface area contributed by atoms with Crippen LogP contribution < -0.4 is 0 Å². The molecule has 0 bridgehead atoms. The smallest absolute Gasteiger partial charge is 0.336 e. The molecule has 0 amide bonds. The second kappa shape index (κ2) is 10.2. The highest BCUT2D eigenvalue weighted by atomic mass is 16.5. The minimum atomic E-state index is -0.584. The van der Waals surface area contributed by atoms with Gasteiger partial charge >= 0.3 is 11.9 Å². The first kappa shape index (κ1) is 22.3. The van der Waals surface area contributed by atoms with Gasteiger partial charge in [0.15, 0.2) is 0 Å². The molecular weight excluding hydrogens is 414 g/mol. The SMILES string of the molecule is CCOC(=O)C1=CN(Cc2ccccc2)C=C(C(=O)OCC)C1c1ccc2ccccc2c1. The van der Waals surface area contributed by atoms with Gasteiger partial charge in [0.05, 0.1) is 30.3 Å². The van der Waals surface area contributed by atoms with Crippen LogP contribution in [0.15, 0.2) is 96.3 Å². The third-order valence-corrected chi connectivity index (χ3v) is 5.57. The fraction of sp³-hybridized carbons (Fsp3) is 0.214. The van der Waals surface area contributed by atoms with Gasteiger partial charge in [-0.2, -0.15) is 0 Å². The van der Waals surface area contributed by atoms with Crippen LogP contribution in [0, 0.1) is 0 Å². The number of carbonyl (C=O) groups is 2. The van der Waals surface area contributed by atoms with Crippen molar-refractivity contribution in [2.24, 2.45) is 0 Å². The Hall–Kier alpha value is -3.86. The summed E-state index contributed by atoms with van der Waals surface area (Å²) in [6.45, 7) is 4.55. The summed E-state index contributed by atoms with van der Waals surface area (Å²) in [5.74, 6) is -1.47. The summed E-state index contributed by atoms with van der Waals surface area (Å²) in [5.41, 5.74) is 2.72. The molecule has 0 aromatic heterocycles. The Labute approximate surface area is 193 Å². The Bertz CT molecular complexity index is 1180. The Morgan fingerprint density at radius 1 is 0.758 bits per heavy atom. The highest BCUT2D eigenvalue weighted by Gasteiger charge is 2.35. The van der Waals surface area contributed by atoms with E-state index in [0.29, 0.717) is 17.7 Å². The van der Waals surface area contributed by atoms with Gasteiger partial charge < -0.3 is 14.4 Å². The van der Waals surface area contributed by atoms with E-state index in [1.54, 1.807) is 26.2 Å². The van der Waals surface area contributed by atoms with Gasteiger partial charge in [-0.25, -0.2) is 9.59 Å². The fourth-order valence-electron chi connectivity index (χ4n) is 4.11. The van der Waals surface area contributed by atoms with Crippen LogP contribution in [0.25, 0.3) is 10.8 Å². The van der Waals surface area contributed by atoms with Crippen molar-refractivity contribution in [1.29, 1.82) is 0 Å². The third kappa shape index (κ3) is 4.98. The summed E-state index contributed by atoms with van der Waals surface area (Å²) in [4.78, 5) is 28.0. The Kier molecular flexibility index (Phi) is 6.89. The standard InChI is InChI=1S/C28H27NO4/c1-3-32-27(30)24-18-29(17-20-10-6-5-7-11-20)19-25(28(31)33-4-2)26(24)23-15-14-21-12-8-9-13-22(21)16-23/h5-16,18-19,26H,3-4,17H2,1-2H3. The summed E-state index contributed by atoms with van der Waals surface area (Å²) in [6.07, 6.45) is 3.57. The lowest BCUT2D eigenvalue weighted by Gasteiger charge is -2.30. The van der Waals surface area contributed by atoms with E-state index in [4.69, 9.17) is 9.47 Å². The van der Waals surface area contributed by atoms with E-state index in [1.807, 2.05) is 77.7 Å². The van der Waals surface area contributed by atoms with Gasteiger partial charge in [0.25, 0.3) is 0 Å². The first-order chi connectivity index (χ1) is 16.1. The maximum atomic E-state index is 13.1. The first-order valence-electron chi connectivity index (χ1n) is 11.2. The highest BCUT2D eigenvalue weighted by Crippen LogP contribution is 2.38. The molecule has 1 heterocycles. The zero-order chi connectivity index (χ0) is 23.2. The predicted molar refractivity (Wildman–Crippen MR) is 128 cm³/mol. The largest absolute Gasteiger partial charge is 0.463 e. The average molecular weight is 442 g/mol. The summed E-state index contributed by atoms with van der Waals surface area (Å²) in [7, 11) is 0. The summed E-state index contributed by atoms with van der Waals surface area (Å²) in [6, 6.07) is 23.9. The van der Waals surface area contributed by atoms with Crippen LogP contribution >= 0.6 is 0 Å². The molecule has 0 atom stereocenters. The van der Waals surface area contributed by atoms with Crippen LogP contribution in [0.4, 0.5) is 0 Å². The van der Waals surface area contributed by atoms with Gasteiger partial charge in [-0.15, -0.1) is 0 Å². The van der Waals surface area contributed by atoms with E-state index in [-0.39, 0.29) is 13.2 Å². The molecule has 0 radical (unpaired) electrons. The minimum Gasteiger partial charge on any atom is -0.463 e. The van der Waals surface area contributed by atoms with Gasteiger partial charge in [-0.3, -0.25) is 0 Å². The summed E-state index contributed by atoms with van der Waals surface area (Å²) < 4.78 is 10.8. The maximum absolute atomic E-state index is 13.1. The van der Waals surface area contributed by atoms with E-state index in [0.717, 1.165) is 21.9 Å². The monoisotopic (exact) mass is 441 g/mol. The number of hydrogen-bond acceptors (Lipinski definition) is 5. The molecule has 0 unspecified atom stereocenters. The molecule has 0 saturated carbocycles. The Morgan fingerprint density at radius 3 is 1.94 bits per heavy atom. The molecule has 1 aliphatic rings. The van der Waals surface area contributed by atoms with E-state index < -0.39 is 17.9 Å². The molecule has 33 heavy (non-hydrogen) atoms. The lowest BCUT2D eigenvalue weighted by Crippen LogP contribution is -2.29. The Balaban J connectivity index is 1.82.